The standard InChI is InChI=1S/C25H33N3O4/c1-7-28-20-13-23(31-6)18(12-19(20)17(2)14-25(28,3)4)15-26-27-24(29)16-32-22-11-9-8-10-21(22)30-5/h8-13,15,17H,7,14,16H2,1-6H3,(H,27,29)/b26-15+. The van der Waals surface area contributed by atoms with Crippen molar-refractivity contribution in [2.45, 2.75) is 45.6 Å². The van der Waals surface area contributed by atoms with E-state index in [9.17, 15) is 4.79 Å². The lowest BCUT2D eigenvalue weighted by atomic mass is 9.79. The van der Waals surface area contributed by atoms with Crippen LogP contribution in [0, 0.1) is 0 Å². The number of ether oxygens (including phenoxy) is 3. The summed E-state index contributed by atoms with van der Waals surface area (Å²) in [7, 11) is 3.20. The number of carbonyl (C=O) groups is 1. The Kier molecular flexibility index (Phi) is 7.28. The fourth-order valence-corrected chi connectivity index (χ4v) is 4.49. The molecular weight excluding hydrogens is 406 g/mol. The molecule has 0 aromatic heterocycles. The normalized spacial score (nSPS) is 17.1. The molecule has 2 aromatic carbocycles. The molecule has 1 unspecified atom stereocenters. The van der Waals surface area contributed by atoms with Gasteiger partial charge in [0.2, 0.25) is 0 Å². The number of hydrazone groups is 1. The van der Waals surface area contributed by atoms with Gasteiger partial charge in [-0.15, -0.1) is 0 Å². The highest BCUT2D eigenvalue weighted by Gasteiger charge is 2.36. The van der Waals surface area contributed by atoms with Crippen molar-refractivity contribution >= 4 is 17.8 Å². The summed E-state index contributed by atoms with van der Waals surface area (Å²) in [6.07, 6.45) is 2.68. The summed E-state index contributed by atoms with van der Waals surface area (Å²) in [5, 5.41) is 4.12. The van der Waals surface area contributed by atoms with Crippen LogP contribution in [0.2, 0.25) is 0 Å². The van der Waals surface area contributed by atoms with Gasteiger partial charge in [0, 0.05) is 29.4 Å². The minimum absolute atomic E-state index is 0.0805. The maximum Gasteiger partial charge on any atom is 0.277 e. The fraction of sp³-hybridized carbons (Fsp3) is 0.440. The molecule has 1 aliphatic rings. The van der Waals surface area contributed by atoms with Crippen molar-refractivity contribution in [3.05, 3.63) is 47.5 Å². The van der Waals surface area contributed by atoms with Crippen LogP contribution in [0.4, 0.5) is 5.69 Å². The Morgan fingerprint density at radius 3 is 2.53 bits per heavy atom. The third kappa shape index (κ3) is 4.98. The van der Waals surface area contributed by atoms with Crippen LogP contribution in [0.3, 0.4) is 0 Å². The maximum absolute atomic E-state index is 12.2. The molecule has 1 aliphatic heterocycles. The lowest BCUT2D eigenvalue weighted by Gasteiger charge is -2.47. The quantitative estimate of drug-likeness (QED) is 0.489. The average Bonchev–Trinajstić information content (AvgIpc) is 2.77. The topological polar surface area (TPSA) is 72.4 Å². The van der Waals surface area contributed by atoms with Crippen molar-refractivity contribution in [3.8, 4) is 17.2 Å². The maximum atomic E-state index is 12.2. The summed E-state index contributed by atoms with van der Waals surface area (Å²) < 4.78 is 16.4. The largest absolute Gasteiger partial charge is 0.496 e. The summed E-state index contributed by atoms with van der Waals surface area (Å²) in [6.45, 7) is 9.73. The molecule has 1 heterocycles. The van der Waals surface area contributed by atoms with Gasteiger partial charge in [-0.25, -0.2) is 5.43 Å². The molecule has 1 amide bonds. The minimum atomic E-state index is -0.364. The second kappa shape index (κ2) is 9.94. The number of hydrogen-bond acceptors (Lipinski definition) is 6. The molecular formula is C25H33N3O4. The minimum Gasteiger partial charge on any atom is -0.496 e. The monoisotopic (exact) mass is 439 g/mol. The molecule has 172 valence electrons. The molecule has 0 bridgehead atoms. The highest BCUT2D eigenvalue weighted by Crippen LogP contribution is 2.45. The van der Waals surface area contributed by atoms with Gasteiger partial charge < -0.3 is 19.1 Å². The summed E-state index contributed by atoms with van der Waals surface area (Å²) in [5.41, 5.74) is 5.87. The Labute approximate surface area is 190 Å². The van der Waals surface area contributed by atoms with E-state index in [4.69, 9.17) is 14.2 Å². The molecule has 32 heavy (non-hydrogen) atoms. The first-order valence-electron chi connectivity index (χ1n) is 10.9. The molecule has 0 radical (unpaired) electrons. The van der Waals surface area contributed by atoms with E-state index in [1.54, 1.807) is 32.6 Å². The molecule has 0 spiro atoms. The zero-order chi connectivity index (χ0) is 23.3. The first-order chi connectivity index (χ1) is 15.3. The number of anilines is 1. The smallest absolute Gasteiger partial charge is 0.277 e. The number of benzene rings is 2. The number of amides is 1. The number of para-hydroxylation sites is 2. The lowest BCUT2D eigenvalue weighted by Crippen LogP contribution is -2.48. The molecule has 3 rings (SSSR count). The molecule has 0 aliphatic carbocycles. The van der Waals surface area contributed by atoms with E-state index in [2.05, 4.69) is 55.3 Å². The Morgan fingerprint density at radius 1 is 1.19 bits per heavy atom. The van der Waals surface area contributed by atoms with Crippen LogP contribution in [-0.2, 0) is 4.79 Å². The van der Waals surface area contributed by atoms with Crippen molar-refractivity contribution in [2.75, 3.05) is 32.3 Å². The van der Waals surface area contributed by atoms with Gasteiger partial charge in [0.1, 0.15) is 5.75 Å². The molecule has 7 nitrogen and oxygen atoms in total. The molecule has 0 fully saturated rings. The van der Waals surface area contributed by atoms with Crippen LogP contribution in [0.1, 0.15) is 51.2 Å². The molecule has 1 N–H and O–H groups in total. The third-order valence-electron chi connectivity index (χ3n) is 5.87. The summed E-state index contributed by atoms with van der Waals surface area (Å²) in [4.78, 5) is 14.6. The Morgan fingerprint density at radius 2 is 1.88 bits per heavy atom. The van der Waals surface area contributed by atoms with E-state index in [0.717, 1.165) is 24.3 Å². The summed E-state index contributed by atoms with van der Waals surface area (Å²) in [6, 6.07) is 11.4. The predicted octanol–water partition coefficient (Wildman–Crippen LogP) is 4.35. The van der Waals surface area contributed by atoms with Crippen molar-refractivity contribution in [1.82, 2.24) is 5.43 Å². The Balaban J connectivity index is 1.72. The number of hydrogen-bond donors (Lipinski definition) is 1. The van der Waals surface area contributed by atoms with Gasteiger partial charge in [-0.2, -0.15) is 5.10 Å². The fourth-order valence-electron chi connectivity index (χ4n) is 4.49. The summed E-state index contributed by atoms with van der Waals surface area (Å²) >= 11 is 0. The first kappa shape index (κ1) is 23.4. The second-order valence-electron chi connectivity index (χ2n) is 8.55. The zero-order valence-corrected chi connectivity index (χ0v) is 19.8. The van der Waals surface area contributed by atoms with Gasteiger partial charge in [-0.3, -0.25) is 4.79 Å². The van der Waals surface area contributed by atoms with Gasteiger partial charge in [-0.1, -0.05) is 19.1 Å². The number of nitrogens with zero attached hydrogens (tertiary/aromatic N) is 2. The van der Waals surface area contributed by atoms with Crippen molar-refractivity contribution in [3.63, 3.8) is 0 Å². The first-order valence-corrected chi connectivity index (χ1v) is 10.9. The summed E-state index contributed by atoms with van der Waals surface area (Å²) in [5.74, 6) is 1.83. The molecule has 2 aromatic rings. The van der Waals surface area contributed by atoms with Gasteiger partial charge >= 0.3 is 0 Å². The van der Waals surface area contributed by atoms with Crippen molar-refractivity contribution in [2.24, 2.45) is 5.10 Å². The van der Waals surface area contributed by atoms with E-state index >= 15 is 0 Å². The molecule has 0 saturated carbocycles. The number of carbonyl (C=O) groups excluding carboxylic acids is 1. The molecule has 7 heteroatoms. The van der Waals surface area contributed by atoms with Crippen LogP contribution in [0.5, 0.6) is 17.2 Å². The van der Waals surface area contributed by atoms with E-state index < -0.39 is 0 Å². The van der Waals surface area contributed by atoms with Crippen LogP contribution >= 0.6 is 0 Å². The SMILES string of the molecule is CCN1c2cc(OC)c(/C=N/NC(=O)COc3ccccc3OC)cc2C(C)CC1(C)C. The number of nitrogens with one attached hydrogen (secondary N) is 1. The highest BCUT2D eigenvalue weighted by molar-refractivity contribution is 5.87. The van der Waals surface area contributed by atoms with E-state index in [0.29, 0.717) is 17.4 Å². The third-order valence-corrected chi connectivity index (χ3v) is 5.87. The van der Waals surface area contributed by atoms with Crippen molar-refractivity contribution in [1.29, 1.82) is 0 Å². The second-order valence-corrected chi connectivity index (χ2v) is 8.55. The van der Waals surface area contributed by atoms with E-state index in [1.165, 1.54) is 11.3 Å². The lowest BCUT2D eigenvalue weighted by molar-refractivity contribution is -0.123. The molecule has 1 atom stereocenters. The molecule has 0 saturated heterocycles. The van der Waals surface area contributed by atoms with Crippen LogP contribution in [0.25, 0.3) is 0 Å². The van der Waals surface area contributed by atoms with E-state index in [1.807, 2.05) is 12.1 Å². The van der Waals surface area contributed by atoms with Gasteiger partial charge in [0.15, 0.2) is 18.1 Å². The van der Waals surface area contributed by atoms with Crippen LogP contribution in [-0.4, -0.2) is 45.0 Å². The van der Waals surface area contributed by atoms with Crippen LogP contribution < -0.4 is 24.5 Å². The van der Waals surface area contributed by atoms with E-state index in [-0.39, 0.29) is 18.1 Å². The van der Waals surface area contributed by atoms with Crippen molar-refractivity contribution < 1.29 is 19.0 Å². The van der Waals surface area contributed by atoms with Gasteiger partial charge in [0.05, 0.1) is 20.4 Å². The van der Waals surface area contributed by atoms with Gasteiger partial charge in [-0.05, 0) is 56.9 Å². The predicted molar refractivity (Wildman–Crippen MR) is 127 cm³/mol. The number of rotatable bonds is 8. The van der Waals surface area contributed by atoms with Gasteiger partial charge in [0.25, 0.3) is 5.91 Å². The average molecular weight is 440 g/mol. The zero-order valence-electron chi connectivity index (χ0n) is 19.8. The number of fused-ring (bicyclic) bond motifs is 1. The Hall–Kier alpha value is -3.22. The number of methoxy groups -OCH3 is 2. The Bertz CT molecular complexity index is 987. The van der Waals surface area contributed by atoms with Crippen LogP contribution in [0.15, 0.2) is 41.5 Å². The highest BCUT2D eigenvalue weighted by atomic mass is 16.5.